The van der Waals surface area contributed by atoms with Crippen molar-refractivity contribution in [3.8, 4) is 17.0 Å². The van der Waals surface area contributed by atoms with Crippen LogP contribution in [0.15, 0.2) is 95.9 Å². The molecule has 0 saturated heterocycles. The van der Waals surface area contributed by atoms with Crippen LogP contribution in [-0.2, 0) is 29.1 Å². The Hall–Kier alpha value is -4.39. The molecule has 0 amide bonds. The van der Waals surface area contributed by atoms with Gasteiger partial charge in [-0.05, 0) is 35.2 Å². The summed E-state index contributed by atoms with van der Waals surface area (Å²) in [6.45, 7) is 0.424. The minimum absolute atomic E-state index is 0.145. The summed E-state index contributed by atoms with van der Waals surface area (Å²) in [7, 11) is 1.63. The number of anilines is 1. The van der Waals surface area contributed by atoms with Crippen LogP contribution in [0.3, 0.4) is 0 Å². The molecular formula is C28H27N3O4. The second kappa shape index (κ2) is 11.7. The molecule has 178 valence electrons. The molecule has 0 fully saturated rings. The van der Waals surface area contributed by atoms with Gasteiger partial charge in [0.2, 0.25) is 0 Å². The van der Waals surface area contributed by atoms with E-state index in [2.05, 4.69) is 10.3 Å². The largest absolute Gasteiger partial charge is 0.497 e. The summed E-state index contributed by atoms with van der Waals surface area (Å²) in [6, 6.07) is 26.6. The summed E-state index contributed by atoms with van der Waals surface area (Å²) in [4.78, 5) is 30.3. The SMILES string of the molecule is COc1cccc(CCNc2ncc(-c3ccccc3)n(CC(=O)OCc3ccccc3)c2=O)c1. The predicted octanol–water partition coefficient (Wildman–Crippen LogP) is 4.32. The second-order valence-electron chi connectivity index (χ2n) is 7.92. The maximum atomic E-state index is 13.3. The third kappa shape index (κ3) is 6.35. The molecule has 0 atom stereocenters. The van der Waals surface area contributed by atoms with Crippen LogP contribution >= 0.6 is 0 Å². The highest BCUT2D eigenvalue weighted by atomic mass is 16.5. The first-order valence-electron chi connectivity index (χ1n) is 11.4. The highest BCUT2D eigenvalue weighted by Gasteiger charge is 2.16. The second-order valence-corrected chi connectivity index (χ2v) is 7.92. The molecular weight excluding hydrogens is 442 g/mol. The zero-order chi connectivity index (χ0) is 24.5. The number of methoxy groups -OCH3 is 1. The number of benzene rings is 3. The number of carbonyl (C=O) groups excluding carboxylic acids is 1. The van der Waals surface area contributed by atoms with Crippen LogP contribution in [0.5, 0.6) is 5.75 Å². The Labute approximate surface area is 204 Å². The topological polar surface area (TPSA) is 82.4 Å². The average molecular weight is 470 g/mol. The van der Waals surface area contributed by atoms with Crippen LogP contribution in [0.4, 0.5) is 5.82 Å². The molecule has 1 aromatic heterocycles. The third-order valence-electron chi connectivity index (χ3n) is 5.49. The molecule has 0 radical (unpaired) electrons. The van der Waals surface area contributed by atoms with Gasteiger partial charge in [-0.1, -0.05) is 72.8 Å². The average Bonchev–Trinajstić information content (AvgIpc) is 2.91. The molecule has 7 nitrogen and oxygen atoms in total. The fourth-order valence-corrected chi connectivity index (χ4v) is 3.67. The van der Waals surface area contributed by atoms with E-state index in [9.17, 15) is 9.59 Å². The van der Waals surface area contributed by atoms with E-state index in [4.69, 9.17) is 9.47 Å². The van der Waals surface area contributed by atoms with E-state index in [1.165, 1.54) is 4.57 Å². The molecule has 4 aromatic rings. The van der Waals surface area contributed by atoms with Crippen molar-refractivity contribution in [2.45, 2.75) is 19.6 Å². The maximum absolute atomic E-state index is 13.3. The summed E-state index contributed by atoms with van der Waals surface area (Å²) >= 11 is 0. The van der Waals surface area contributed by atoms with Gasteiger partial charge in [-0.25, -0.2) is 4.98 Å². The lowest BCUT2D eigenvalue weighted by atomic mass is 10.1. The van der Waals surface area contributed by atoms with Crippen LogP contribution in [0.2, 0.25) is 0 Å². The van der Waals surface area contributed by atoms with Crippen molar-refractivity contribution in [1.29, 1.82) is 0 Å². The molecule has 0 saturated carbocycles. The number of aromatic nitrogens is 2. The van der Waals surface area contributed by atoms with Gasteiger partial charge in [-0.15, -0.1) is 0 Å². The molecule has 0 bridgehead atoms. The minimum atomic E-state index is -0.498. The van der Waals surface area contributed by atoms with Gasteiger partial charge in [0.15, 0.2) is 5.82 Å². The fourth-order valence-electron chi connectivity index (χ4n) is 3.67. The Morgan fingerprint density at radius 2 is 1.66 bits per heavy atom. The summed E-state index contributed by atoms with van der Waals surface area (Å²) in [6.07, 6.45) is 2.28. The number of rotatable bonds is 10. The Kier molecular flexibility index (Phi) is 7.91. The van der Waals surface area contributed by atoms with Crippen molar-refractivity contribution in [1.82, 2.24) is 9.55 Å². The summed E-state index contributed by atoms with van der Waals surface area (Å²) in [5, 5.41) is 3.11. The first-order chi connectivity index (χ1) is 17.1. The van der Waals surface area contributed by atoms with Gasteiger partial charge < -0.3 is 14.8 Å². The van der Waals surface area contributed by atoms with Crippen LogP contribution in [0.1, 0.15) is 11.1 Å². The molecule has 3 aromatic carbocycles. The highest BCUT2D eigenvalue weighted by molar-refractivity contribution is 5.71. The smallest absolute Gasteiger partial charge is 0.326 e. The molecule has 1 N–H and O–H groups in total. The van der Waals surface area contributed by atoms with Gasteiger partial charge in [-0.2, -0.15) is 0 Å². The van der Waals surface area contributed by atoms with Crippen molar-refractivity contribution in [2.75, 3.05) is 19.0 Å². The zero-order valence-corrected chi connectivity index (χ0v) is 19.5. The third-order valence-corrected chi connectivity index (χ3v) is 5.49. The van der Waals surface area contributed by atoms with E-state index in [0.717, 1.165) is 22.4 Å². The quantitative estimate of drug-likeness (QED) is 0.349. The van der Waals surface area contributed by atoms with E-state index in [1.807, 2.05) is 84.9 Å². The number of hydrogen-bond acceptors (Lipinski definition) is 6. The molecule has 1 heterocycles. The Morgan fingerprint density at radius 1 is 0.943 bits per heavy atom. The van der Waals surface area contributed by atoms with Crippen molar-refractivity contribution in [2.24, 2.45) is 0 Å². The number of ether oxygens (including phenoxy) is 2. The van der Waals surface area contributed by atoms with E-state index >= 15 is 0 Å². The monoisotopic (exact) mass is 469 g/mol. The molecule has 0 unspecified atom stereocenters. The predicted molar refractivity (Wildman–Crippen MR) is 135 cm³/mol. The van der Waals surface area contributed by atoms with Gasteiger partial charge in [0, 0.05) is 6.54 Å². The van der Waals surface area contributed by atoms with Gasteiger partial charge >= 0.3 is 5.97 Å². The van der Waals surface area contributed by atoms with Crippen molar-refractivity contribution >= 4 is 11.8 Å². The van der Waals surface area contributed by atoms with Gasteiger partial charge in [0.05, 0.1) is 19.0 Å². The van der Waals surface area contributed by atoms with Gasteiger partial charge in [0.1, 0.15) is 18.9 Å². The van der Waals surface area contributed by atoms with Crippen molar-refractivity contribution in [3.05, 3.63) is 113 Å². The van der Waals surface area contributed by atoms with E-state index < -0.39 is 5.97 Å². The van der Waals surface area contributed by atoms with E-state index in [1.54, 1.807) is 13.3 Å². The first-order valence-corrected chi connectivity index (χ1v) is 11.4. The van der Waals surface area contributed by atoms with Crippen LogP contribution in [0.25, 0.3) is 11.3 Å². The fraction of sp³-hybridized carbons (Fsp3) is 0.179. The van der Waals surface area contributed by atoms with Gasteiger partial charge in [0.25, 0.3) is 5.56 Å². The van der Waals surface area contributed by atoms with E-state index in [0.29, 0.717) is 18.7 Å². The molecule has 0 aliphatic heterocycles. The van der Waals surface area contributed by atoms with Crippen LogP contribution < -0.4 is 15.6 Å². The minimum Gasteiger partial charge on any atom is -0.497 e. The maximum Gasteiger partial charge on any atom is 0.326 e. The molecule has 35 heavy (non-hydrogen) atoms. The molecule has 4 rings (SSSR count). The standard InChI is InChI=1S/C28H27N3O4/c1-34-24-14-8-11-21(17-24)15-16-29-27-28(33)31(25(18-30-27)23-12-6-3-7-13-23)19-26(32)35-20-22-9-4-2-5-10-22/h2-14,17-18H,15-16,19-20H2,1H3,(H,29,30). The molecule has 0 aliphatic rings. The normalized spacial score (nSPS) is 10.5. The summed E-state index contributed by atoms with van der Waals surface area (Å²) in [5.74, 6) is 0.467. The van der Waals surface area contributed by atoms with Crippen LogP contribution in [-0.4, -0.2) is 29.2 Å². The van der Waals surface area contributed by atoms with Crippen molar-refractivity contribution < 1.29 is 14.3 Å². The number of nitrogens with one attached hydrogen (secondary N) is 1. The number of hydrogen-bond donors (Lipinski definition) is 1. The Balaban J connectivity index is 1.52. The van der Waals surface area contributed by atoms with Crippen molar-refractivity contribution in [3.63, 3.8) is 0 Å². The Morgan fingerprint density at radius 3 is 2.40 bits per heavy atom. The highest BCUT2D eigenvalue weighted by Crippen LogP contribution is 2.18. The van der Waals surface area contributed by atoms with Crippen LogP contribution in [0, 0.1) is 0 Å². The number of nitrogens with zero attached hydrogens (tertiary/aromatic N) is 2. The van der Waals surface area contributed by atoms with E-state index in [-0.39, 0.29) is 24.5 Å². The lowest BCUT2D eigenvalue weighted by Gasteiger charge is -2.15. The molecule has 7 heteroatoms. The summed E-state index contributed by atoms with van der Waals surface area (Å²) < 4.78 is 12.1. The number of carbonyl (C=O) groups is 1. The first kappa shape index (κ1) is 23.8. The lowest BCUT2D eigenvalue weighted by Crippen LogP contribution is -2.30. The number of esters is 1. The lowest BCUT2D eigenvalue weighted by molar-refractivity contribution is -0.145. The van der Waals surface area contributed by atoms with Gasteiger partial charge in [-0.3, -0.25) is 14.2 Å². The molecule has 0 aliphatic carbocycles. The Bertz CT molecular complexity index is 1320. The summed E-state index contributed by atoms with van der Waals surface area (Å²) in [5.41, 5.74) is 2.91. The zero-order valence-electron chi connectivity index (χ0n) is 19.5. The molecule has 0 spiro atoms.